The lowest BCUT2D eigenvalue weighted by Gasteiger charge is -2.46. The Labute approximate surface area is 259 Å². The number of rotatable bonds is 16. The van der Waals surface area contributed by atoms with Gasteiger partial charge in [-0.3, -0.25) is 14.4 Å². The van der Waals surface area contributed by atoms with Crippen molar-refractivity contribution >= 4 is 35.5 Å². The van der Waals surface area contributed by atoms with Crippen molar-refractivity contribution in [3.63, 3.8) is 0 Å². The zero-order valence-electron chi connectivity index (χ0n) is 24.3. The molecule has 8 N–H and O–H groups in total. The highest BCUT2D eigenvalue weighted by Gasteiger charge is 2.55. The van der Waals surface area contributed by atoms with Crippen LogP contribution in [-0.4, -0.2) is 105 Å². The van der Waals surface area contributed by atoms with Gasteiger partial charge in [0.05, 0.1) is 24.9 Å². The Morgan fingerprint density at radius 2 is 1.73 bits per heavy atom. The van der Waals surface area contributed by atoms with E-state index in [1.807, 2.05) is 30.3 Å². The van der Waals surface area contributed by atoms with E-state index in [9.17, 15) is 39.6 Å². The number of carboxylic acids is 1. The SMILES string of the molecule is CC(=O)N[C@@H]1C(O)C[C@](OCCCSCCC(N)=O)(C(=O)O)O[C@H]1[C@H](O)[C@H](O)CNC(=O)c1ccc(-c2ccccc2)cc1. The fourth-order valence-electron chi connectivity index (χ4n) is 4.71. The lowest BCUT2D eigenvalue weighted by molar-refractivity contribution is -0.310. The summed E-state index contributed by atoms with van der Waals surface area (Å²) in [6.45, 7) is 0.617. The molecule has 1 saturated heterocycles. The van der Waals surface area contributed by atoms with E-state index in [1.54, 1.807) is 24.3 Å². The van der Waals surface area contributed by atoms with Crippen LogP contribution in [0.15, 0.2) is 54.6 Å². The van der Waals surface area contributed by atoms with Gasteiger partial charge in [0.15, 0.2) is 0 Å². The van der Waals surface area contributed by atoms with E-state index in [1.165, 1.54) is 18.7 Å². The quantitative estimate of drug-likeness (QED) is 0.124. The third-order valence-corrected chi connectivity index (χ3v) is 8.06. The van der Waals surface area contributed by atoms with Gasteiger partial charge in [0.25, 0.3) is 11.7 Å². The fourth-order valence-corrected chi connectivity index (χ4v) is 5.58. The van der Waals surface area contributed by atoms with E-state index < -0.39 is 72.9 Å². The van der Waals surface area contributed by atoms with E-state index in [0.29, 0.717) is 23.5 Å². The molecule has 3 rings (SSSR count). The lowest BCUT2D eigenvalue weighted by atomic mass is 9.88. The standard InChI is InChI=1S/C30H39N3O10S/c1-18(34)33-25-22(35)16-30(29(40)41,42-13-5-14-44-15-12-24(31)37)43-27(25)26(38)23(36)17-32-28(39)21-10-8-20(9-11-21)19-6-3-2-4-7-19/h2-4,6-11,22-23,25-27,35-36,38H,5,12-17H2,1H3,(H2,31,37)(H,32,39)(H,33,34)(H,40,41)/t22?,23-,25-,26-,27-,30-/m1/s1. The van der Waals surface area contributed by atoms with Crippen LogP contribution in [0.1, 0.15) is 36.5 Å². The lowest BCUT2D eigenvalue weighted by Crippen LogP contribution is -2.68. The molecule has 0 saturated carbocycles. The van der Waals surface area contributed by atoms with Crippen molar-refractivity contribution in [2.45, 2.75) is 62.4 Å². The summed E-state index contributed by atoms with van der Waals surface area (Å²) in [5, 5.41) is 47.6. The van der Waals surface area contributed by atoms with E-state index in [-0.39, 0.29) is 13.0 Å². The molecule has 1 aliphatic heterocycles. The molecule has 240 valence electrons. The number of nitrogens with two attached hydrogens (primary N) is 1. The van der Waals surface area contributed by atoms with Crippen LogP contribution in [-0.2, 0) is 23.9 Å². The Morgan fingerprint density at radius 1 is 1.07 bits per heavy atom. The minimum atomic E-state index is -2.39. The minimum absolute atomic E-state index is 0.0993. The smallest absolute Gasteiger partial charge is 0.364 e. The third kappa shape index (κ3) is 9.74. The van der Waals surface area contributed by atoms with Gasteiger partial charge in [-0.2, -0.15) is 11.8 Å². The molecule has 1 aliphatic rings. The third-order valence-electron chi connectivity index (χ3n) is 6.99. The van der Waals surface area contributed by atoms with Gasteiger partial charge in [0.1, 0.15) is 12.2 Å². The summed E-state index contributed by atoms with van der Waals surface area (Å²) in [7, 11) is 0. The summed E-state index contributed by atoms with van der Waals surface area (Å²) >= 11 is 1.42. The number of carboxylic acid groups (broad SMARTS) is 1. The van der Waals surface area contributed by atoms with Gasteiger partial charge in [-0.15, -0.1) is 0 Å². The molecule has 0 aliphatic carbocycles. The molecule has 0 aromatic heterocycles. The van der Waals surface area contributed by atoms with Crippen LogP contribution in [0.4, 0.5) is 0 Å². The molecule has 2 aromatic carbocycles. The van der Waals surface area contributed by atoms with Crippen molar-refractivity contribution in [3.8, 4) is 11.1 Å². The molecular formula is C30H39N3O10S. The largest absolute Gasteiger partial charge is 0.477 e. The topological polar surface area (TPSA) is 218 Å². The first kappa shape index (κ1) is 35.0. The molecule has 1 unspecified atom stereocenters. The first-order valence-electron chi connectivity index (χ1n) is 14.1. The second kappa shape index (κ2) is 16.5. The van der Waals surface area contributed by atoms with Gasteiger partial charge in [0, 0.05) is 37.6 Å². The van der Waals surface area contributed by atoms with Crippen molar-refractivity contribution < 1.29 is 49.1 Å². The summed E-state index contributed by atoms with van der Waals surface area (Å²) < 4.78 is 11.3. The second-order valence-corrected chi connectivity index (χ2v) is 11.6. The number of aliphatic hydroxyl groups is 3. The van der Waals surface area contributed by atoms with Gasteiger partial charge in [-0.1, -0.05) is 42.5 Å². The molecule has 13 nitrogen and oxygen atoms in total. The molecule has 14 heteroatoms. The number of thioether (sulfide) groups is 1. The Balaban J connectivity index is 1.65. The highest BCUT2D eigenvalue weighted by atomic mass is 32.2. The van der Waals surface area contributed by atoms with Gasteiger partial charge < -0.3 is 46.3 Å². The van der Waals surface area contributed by atoms with Gasteiger partial charge in [0.2, 0.25) is 11.8 Å². The molecular weight excluding hydrogens is 594 g/mol. The van der Waals surface area contributed by atoms with Crippen molar-refractivity contribution in [1.29, 1.82) is 0 Å². The Morgan fingerprint density at radius 3 is 2.34 bits per heavy atom. The molecule has 1 fully saturated rings. The zero-order chi connectivity index (χ0) is 32.3. The van der Waals surface area contributed by atoms with Gasteiger partial charge >= 0.3 is 5.97 Å². The van der Waals surface area contributed by atoms with Crippen LogP contribution in [0.3, 0.4) is 0 Å². The van der Waals surface area contributed by atoms with E-state index in [2.05, 4.69) is 10.6 Å². The Kier molecular flexibility index (Phi) is 13.1. The molecule has 3 amide bonds. The van der Waals surface area contributed by atoms with Crippen LogP contribution >= 0.6 is 11.8 Å². The number of carbonyl (C=O) groups is 4. The second-order valence-electron chi connectivity index (χ2n) is 10.4. The summed E-state index contributed by atoms with van der Waals surface area (Å²) in [5.74, 6) is -4.49. The number of ether oxygens (including phenoxy) is 2. The molecule has 44 heavy (non-hydrogen) atoms. The predicted molar refractivity (Wildman–Crippen MR) is 161 cm³/mol. The monoisotopic (exact) mass is 633 g/mol. The first-order valence-corrected chi connectivity index (χ1v) is 15.2. The van der Waals surface area contributed by atoms with Gasteiger partial charge in [-0.05, 0) is 35.4 Å². The van der Waals surface area contributed by atoms with Crippen molar-refractivity contribution in [3.05, 3.63) is 60.2 Å². The highest BCUT2D eigenvalue weighted by molar-refractivity contribution is 7.99. The number of benzene rings is 2. The average Bonchev–Trinajstić information content (AvgIpc) is 3.00. The Hall–Kier alpha value is -3.53. The van der Waals surface area contributed by atoms with Crippen LogP contribution < -0.4 is 16.4 Å². The van der Waals surface area contributed by atoms with Crippen LogP contribution in [0.25, 0.3) is 11.1 Å². The molecule has 0 spiro atoms. The number of hydrogen-bond acceptors (Lipinski definition) is 10. The first-order chi connectivity index (χ1) is 20.9. The van der Waals surface area contributed by atoms with Gasteiger partial charge in [-0.25, -0.2) is 4.79 Å². The zero-order valence-corrected chi connectivity index (χ0v) is 25.1. The number of carbonyl (C=O) groups excluding carboxylic acids is 3. The maximum absolute atomic E-state index is 12.7. The van der Waals surface area contributed by atoms with E-state index in [0.717, 1.165) is 11.1 Å². The molecule has 0 radical (unpaired) electrons. The van der Waals surface area contributed by atoms with Crippen molar-refractivity contribution in [1.82, 2.24) is 10.6 Å². The normalized spacial score (nSPS) is 22.9. The number of aliphatic hydroxyl groups excluding tert-OH is 3. The average molecular weight is 634 g/mol. The molecule has 2 aromatic rings. The van der Waals surface area contributed by atoms with Crippen molar-refractivity contribution in [2.24, 2.45) is 5.73 Å². The summed E-state index contributed by atoms with van der Waals surface area (Å²) in [5.41, 5.74) is 7.29. The maximum atomic E-state index is 12.7. The molecule has 6 atom stereocenters. The molecule has 1 heterocycles. The number of aliphatic carboxylic acids is 1. The van der Waals surface area contributed by atoms with Crippen LogP contribution in [0, 0.1) is 0 Å². The predicted octanol–water partition coefficient (Wildman–Crippen LogP) is 0.256. The minimum Gasteiger partial charge on any atom is -0.477 e. The van der Waals surface area contributed by atoms with Crippen LogP contribution in [0.5, 0.6) is 0 Å². The summed E-state index contributed by atoms with van der Waals surface area (Å²) in [6.07, 6.45) is -6.68. The summed E-state index contributed by atoms with van der Waals surface area (Å²) in [4.78, 5) is 47.8. The highest BCUT2D eigenvalue weighted by Crippen LogP contribution is 2.34. The maximum Gasteiger partial charge on any atom is 0.364 e. The number of amides is 3. The van der Waals surface area contributed by atoms with Crippen LogP contribution in [0.2, 0.25) is 0 Å². The Bertz CT molecular complexity index is 1270. The number of hydrogen-bond donors (Lipinski definition) is 7. The number of nitrogens with one attached hydrogen (secondary N) is 2. The number of primary amides is 1. The summed E-state index contributed by atoms with van der Waals surface area (Å²) in [6, 6.07) is 15.0. The molecule has 0 bridgehead atoms. The van der Waals surface area contributed by atoms with E-state index >= 15 is 0 Å². The fraction of sp³-hybridized carbons (Fsp3) is 0.467. The van der Waals surface area contributed by atoms with E-state index in [4.69, 9.17) is 15.2 Å². The van der Waals surface area contributed by atoms with Crippen molar-refractivity contribution in [2.75, 3.05) is 24.7 Å².